The van der Waals surface area contributed by atoms with Crippen LogP contribution >= 0.6 is 0 Å². The van der Waals surface area contributed by atoms with Crippen LogP contribution in [0.4, 0.5) is 0 Å². The third-order valence-corrected chi connectivity index (χ3v) is 2.90. The van der Waals surface area contributed by atoms with Gasteiger partial charge >= 0.3 is 0 Å². The molecule has 0 fully saturated rings. The normalized spacial score (nSPS) is 13.3. The number of aryl methyl sites for hydroxylation is 1. The van der Waals surface area contributed by atoms with Crippen LogP contribution in [0, 0.1) is 0 Å². The summed E-state index contributed by atoms with van der Waals surface area (Å²) in [6.07, 6.45) is 6.09. The van der Waals surface area contributed by atoms with E-state index >= 15 is 0 Å². The monoisotopic (exact) mass is 224 g/mol. The minimum absolute atomic E-state index is 0.509. The van der Waals surface area contributed by atoms with Gasteiger partial charge < -0.3 is 14.8 Å². The van der Waals surface area contributed by atoms with Crippen molar-refractivity contribution in [2.75, 3.05) is 27.7 Å². The summed E-state index contributed by atoms with van der Waals surface area (Å²) in [5.74, 6) is 1.18. The molecule has 0 saturated carbocycles. The van der Waals surface area contributed by atoms with Gasteiger partial charge in [0.2, 0.25) is 0 Å². The van der Waals surface area contributed by atoms with E-state index in [1.165, 1.54) is 5.82 Å². The molecular formula is C12H24N4. The molecule has 0 saturated heterocycles. The van der Waals surface area contributed by atoms with E-state index in [0.717, 1.165) is 25.9 Å². The SMILES string of the molecule is CCn1ccnc1CC(CCN(C)C)NC. The topological polar surface area (TPSA) is 33.1 Å². The third-order valence-electron chi connectivity index (χ3n) is 2.90. The summed E-state index contributed by atoms with van der Waals surface area (Å²) in [6, 6.07) is 0.509. The Morgan fingerprint density at radius 2 is 2.25 bits per heavy atom. The predicted octanol–water partition coefficient (Wildman–Crippen LogP) is 0.985. The van der Waals surface area contributed by atoms with E-state index in [9.17, 15) is 0 Å². The molecule has 0 radical (unpaired) electrons. The number of likely N-dealkylation sites (N-methyl/N-ethyl adjacent to an activating group) is 1. The molecule has 4 heteroatoms. The van der Waals surface area contributed by atoms with Crippen LogP contribution in [-0.4, -0.2) is 48.2 Å². The van der Waals surface area contributed by atoms with E-state index in [2.05, 4.69) is 40.8 Å². The van der Waals surface area contributed by atoms with Gasteiger partial charge in [-0.05, 0) is 41.0 Å². The van der Waals surface area contributed by atoms with Crippen LogP contribution < -0.4 is 5.32 Å². The summed E-state index contributed by atoms with van der Waals surface area (Å²) in [4.78, 5) is 6.63. The minimum atomic E-state index is 0.509. The predicted molar refractivity (Wildman–Crippen MR) is 67.6 cm³/mol. The van der Waals surface area contributed by atoms with Gasteiger partial charge in [-0.15, -0.1) is 0 Å². The number of imidazole rings is 1. The number of hydrogen-bond acceptors (Lipinski definition) is 3. The largest absolute Gasteiger partial charge is 0.335 e. The summed E-state index contributed by atoms with van der Waals surface area (Å²) in [7, 11) is 6.25. The summed E-state index contributed by atoms with van der Waals surface area (Å²) >= 11 is 0. The highest BCUT2D eigenvalue weighted by Gasteiger charge is 2.11. The lowest BCUT2D eigenvalue weighted by atomic mass is 10.1. The summed E-state index contributed by atoms with van der Waals surface area (Å²) in [6.45, 7) is 4.26. The van der Waals surface area contributed by atoms with Crippen molar-refractivity contribution in [1.29, 1.82) is 0 Å². The van der Waals surface area contributed by atoms with Crippen LogP contribution in [0.2, 0.25) is 0 Å². The number of hydrogen-bond donors (Lipinski definition) is 1. The molecule has 16 heavy (non-hydrogen) atoms. The van der Waals surface area contributed by atoms with Gasteiger partial charge in [0.05, 0.1) is 0 Å². The first-order valence-corrected chi connectivity index (χ1v) is 5.99. The Bertz CT molecular complexity index is 293. The van der Waals surface area contributed by atoms with Crippen LogP contribution in [0.5, 0.6) is 0 Å². The van der Waals surface area contributed by atoms with Gasteiger partial charge in [-0.3, -0.25) is 0 Å². The molecule has 0 spiro atoms. The molecule has 1 heterocycles. The maximum atomic E-state index is 4.41. The molecule has 0 aliphatic carbocycles. The quantitative estimate of drug-likeness (QED) is 0.749. The Labute approximate surface area is 98.7 Å². The molecule has 0 aliphatic rings. The van der Waals surface area contributed by atoms with Crippen LogP contribution in [-0.2, 0) is 13.0 Å². The zero-order valence-corrected chi connectivity index (χ0v) is 10.9. The molecule has 1 N–H and O–H groups in total. The van der Waals surface area contributed by atoms with Crippen molar-refractivity contribution in [3.63, 3.8) is 0 Å². The van der Waals surface area contributed by atoms with Crippen molar-refractivity contribution in [3.8, 4) is 0 Å². The van der Waals surface area contributed by atoms with Crippen molar-refractivity contribution in [2.45, 2.75) is 32.4 Å². The van der Waals surface area contributed by atoms with Gasteiger partial charge in [0.25, 0.3) is 0 Å². The van der Waals surface area contributed by atoms with Gasteiger partial charge in [0.1, 0.15) is 5.82 Å². The highest BCUT2D eigenvalue weighted by Crippen LogP contribution is 2.05. The number of rotatable bonds is 7. The van der Waals surface area contributed by atoms with Gasteiger partial charge in [-0.2, -0.15) is 0 Å². The molecule has 1 atom stereocenters. The molecular weight excluding hydrogens is 200 g/mol. The smallest absolute Gasteiger partial charge is 0.110 e. The molecule has 4 nitrogen and oxygen atoms in total. The molecule has 0 bridgehead atoms. The maximum Gasteiger partial charge on any atom is 0.110 e. The Morgan fingerprint density at radius 3 is 2.81 bits per heavy atom. The van der Waals surface area contributed by atoms with E-state index in [1.54, 1.807) is 0 Å². The fraction of sp³-hybridized carbons (Fsp3) is 0.750. The maximum absolute atomic E-state index is 4.41. The average Bonchev–Trinajstić information content (AvgIpc) is 2.70. The van der Waals surface area contributed by atoms with Crippen LogP contribution in [0.15, 0.2) is 12.4 Å². The Hall–Kier alpha value is -0.870. The second kappa shape index (κ2) is 6.66. The van der Waals surface area contributed by atoms with Crippen LogP contribution in [0.25, 0.3) is 0 Å². The summed E-state index contributed by atoms with van der Waals surface area (Å²) in [5, 5.41) is 3.37. The van der Waals surface area contributed by atoms with Crippen molar-refractivity contribution >= 4 is 0 Å². The third kappa shape index (κ3) is 3.94. The number of nitrogens with one attached hydrogen (secondary N) is 1. The molecule has 92 valence electrons. The minimum Gasteiger partial charge on any atom is -0.335 e. The van der Waals surface area contributed by atoms with Gasteiger partial charge in [-0.1, -0.05) is 0 Å². The lowest BCUT2D eigenvalue weighted by molar-refractivity contribution is 0.361. The first-order chi connectivity index (χ1) is 7.67. The van der Waals surface area contributed by atoms with Crippen molar-refractivity contribution in [3.05, 3.63) is 18.2 Å². The molecule has 0 aliphatic heterocycles. The van der Waals surface area contributed by atoms with Crippen molar-refractivity contribution in [1.82, 2.24) is 19.8 Å². The molecule has 0 amide bonds. The van der Waals surface area contributed by atoms with E-state index in [-0.39, 0.29) is 0 Å². The summed E-state index contributed by atoms with van der Waals surface area (Å²) in [5.41, 5.74) is 0. The van der Waals surface area contributed by atoms with Gasteiger partial charge in [0, 0.05) is 31.4 Å². The molecule has 1 unspecified atom stereocenters. The second-order valence-electron chi connectivity index (χ2n) is 4.41. The van der Waals surface area contributed by atoms with E-state index < -0.39 is 0 Å². The molecule has 1 rings (SSSR count). The Morgan fingerprint density at radius 1 is 1.50 bits per heavy atom. The average molecular weight is 224 g/mol. The zero-order chi connectivity index (χ0) is 12.0. The fourth-order valence-corrected chi connectivity index (χ4v) is 1.80. The zero-order valence-electron chi connectivity index (χ0n) is 10.9. The molecule has 0 aromatic carbocycles. The molecule has 1 aromatic rings. The van der Waals surface area contributed by atoms with E-state index in [4.69, 9.17) is 0 Å². The Balaban J connectivity index is 2.49. The molecule has 1 aromatic heterocycles. The van der Waals surface area contributed by atoms with Crippen LogP contribution in [0.1, 0.15) is 19.2 Å². The first-order valence-electron chi connectivity index (χ1n) is 5.99. The number of nitrogens with zero attached hydrogens (tertiary/aromatic N) is 3. The van der Waals surface area contributed by atoms with Gasteiger partial charge in [-0.25, -0.2) is 4.98 Å². The van der Waals surface area contributed by atoms with E-state index in [1.807, 2.05) is 19.4 Å². The second-order valence-corrected chi connectivity index (χ2v) is 4.41. The van der Waals surface area contributed by atoms with Gasteiger partial charge in [0.15, 0.2) is 0 Å². The first kappa shape index (κ1) is 13.2. The van der Waals surface area contributed by atoms with Crippen molar-refractivity contribution < 1.29 is 0 Å². The summed E-state index contributed by atoms with van der Waals surface area (Å²) < 4.78 is 2.21. The highest BCUT2D eigenvalue weighted by atomic mass is 15.1. The lowest BCUT2D eigenvalue weighted by Gasteiger charge is -2.18. The number of aromatic nitrogens is 2. The fourth-order valence-electron chi connectivity index (χ4n) is 1.80. The highest BCUT2D eigenvalue weighted by molar-refractivity contribution is 4.95. The van der Waals surface area contributed by atoms with Crippen molar-refractivity contribution in [2.24, 2.45) is 0 Å². The lowest BCUT2D eigenvalue weighted by Crippen LogP contribution is -2.32. The van der Waals surface area contributed by atoms with Crippen LogP contribution in [0.3, 0.4) is 0 Å². The van der Waals surface area contributed by atoms with E-state index in [0.29, 0.717) is 6.04 Å². The standard InChI is InChI=1S/C12H24N4/c1-5-16-9-7-14-12(16)10-11(13-2)6-8-15(3)4/h7,9,11,13H,5-6,8,10H2,1-4H3. The Kier molecular flexibility index (Phi) is 5.49.